The SMILES string of the molecule is C[N+](C)(C)CCOP(=O)(O)OP(=O)(O)OCC(O)CO. The molecule has 4 N–H and O–H groups in total. The molecule has 0 aromatic heterocycles. The van der Waals surface area contributed by atoms with Crippen molar-refractivity contribution in [3.8, 4) is 0 Å². The third-order valence-electron chi connectivity index (χ3n) is 1.86. The van der Waals surface area contributed by atoms with Gasteiger partial charge in [-0.3, -0.25) is 9.05 Å². The van der Waals surface area contributed by atoms with E-state index in [1.165, 1.54) is 0 Å². The molecule has 0 aliphatic heterocycles. The summed E-state index contributed by atoms with van der Waals surface area (Å²) in [4.78, 5) is 18.4. The predicted octanol–water partition coefficient (Wildman–Crippen LogP) is -0.704. The fourth-order valence-corrected chi connectivity index (χ4v) is 2.93. The summed E-state index contributed by atoms with van der Waals surface area (Å²) < 4.78 is 35.9. The van der Waals surface area contributed by atoms with E-state index in [-0.39, 0.29) is 6.61 Å². The van der Waals surface area contributed by atoms with Crippen LogP contribution in [0.4, 0.5) is 0 Å². The number of phosphoric acid groups is 2. The Morgan fingerprint density at radius 2 is 1.60 bits per heavy atom. The summed E-state index contributed by atoms with van der Waals surface area (Å²) in [6.45, 7) is -1.23. The Morgan fingerprint density at radius 1 is 1.10 bits per heavy atom. The van der Waals surface area contributed by atoms with Crippen LogP contribution in [0.2, 0.25) is 0 Å². The maximum atomic E-state index is 11.4. The molecule has 0 rings (SSSR count). The van der Waals surface area contributed by atoms with Crippen LogP contribution in [0.5, 0.6) is 0 Å². The zero-order valence-electron chi connectivity index (χ0n) is 11.6. The number of hydrogen-bond acceptors (Lipinski definition) is 7. The summed E-state index contributed by atoms with van der Waals surface area (Å²) in [5.41, 5.74) is 0. The van der Waals surface area contributed by atoms with E-state index < -0.39 is 35.0 Å². The number of likely N-dealkylation sites (N-methyl/N-ethyl adjacent to an activating group) is 1. The van der Waals surface area contributed by atoms with E-state index in [9.17, 15) is 14.0 Å². The van der Waals surface area contributed by atoms with Gasteiger partial charge in [-0.25, -0.2) is 9.13 Å². The van der Waals surface area contributed by atoms with Gasteiger partial charge in [-0.15, -0.1) is 0 Å². The van der Waals surface area contributed by atoms with Gasteiger partial charge in [0.15, 0.2) is 0 Å². The highest BCUT2D eigenvalue weighted by atomic mass is 31.3. The lowest BCUT2D eigenvalue weighted by Crippen LogP contribution is -2.37. The van der Waals surface area contributed by atoms with Crippen LogP contribution in [0.25, 0.3) is 0 Å². The smallest absolute Gasteiger partial charge is 0.394 e. The van der Waals surface area contributed by atoms with Crippen molar-refractivity contribution in [2.75, 3.05) is 47.5 Å². The first-order valence-corrected chi connectivity index (χ1v) is 8.61. The molecule has 0 aliphatic carbocycles. The van der Waals surface area contributed by atoms with Crippen molar-refractivity contribution in [1.82, 2.24) is 0 Å². The van der Waals surface area contributed by atoms with Gasteiger partial charge in [0.2, 0.25) is 0 Å². The molecule has 3 unspecified atom stereocenters. The average Bonchev–Trinajstić information content (AvgIpc) is 2.22. The van der Waals surface area contributed by atoms with Gasteiger partial charge >= 0.3 is 15.6 Å². The van der Waals surface area contributed by atoms with Gasteiger partial charge in [-0.1, -0.05) is 0 Å². The van der Waals surface area contributed by atoms with Gasteiger partial charge in [0, 0.05) is 0 Å². The Balaban J connectivity index is 4.29. The molecule has 0 aliphatic rings. The van der Waals surface area contributed by atoms with E-state index in [2.05, 4.69) is 13.4 Å². The van der Waals surface area contributed by atoms with Gasteiger partial charge in [0.25, 0.3) is 0 Å². The number of aliphatic hydroxyl groups excluding tert-OH is 2. The second kappa shape index (κ2) is 7.95. The molecule has 0 spiro atoms. The number of phosphoric ester groups is 2. The third kappa shape index (κ3) is 10.9. The third-order valence-corrected chi connectivity index (χ3v) is 4.50. The second-order valence-electron chi connectivity index (χ2n) is 5.00. The maximum absolute atomic E-state index is 11.4. The summed E-state index contributed by atoms with van der Waals surface area (Å²) in [5, 5.41) is 17.4. The second-order valence-corrected chi connectivity index (χ2v) is 8.04. The van der Waals surface area contributed by atoms with E-state index in [1.54, 1.807) is 0 Å². The molecule has 0 aromatic rings. The fourth-order valence-electron chi connectivity index (χ4n) is 0.841. The molecule has 10 nitrogen and oxygen atoms in total. The molecule has 3 atom stereocenters. The van der Waals surface area contributed by atoms with E-state index >= 15 is 0 Å². The van der Waals surface area contributed by atoms with Gasteiger partial charge in [-0.05, 0) is 0 Å². The summed E-state index contributed by atoms with van der Waals surface area (Å²) in [5.74, 6) is 0. The number of nitrogens with zero attached hydrogens (tertiary/aromatic N) is 1. The Kier molecular flexibility index (Phi) is 8.01. The van der Waals surface area contributed by atoms with Crippen molar-refractivity contribution in [3.63, 3.8) is 0 Å². The van der Waals surface area contributed by atoms with E-state index in [0.717, 1.165) is 0 Å². The van der Waals surface area contributed by atoms with Crippen molar-refractivity contribution in [1.29, 1.82) is 0 Å². The predicted molar refractivity (Wildman–Crippen MR) is 68.6 cm³/mol. The van der Waals surface area contributed by atoms with Gasteiger partial charge in [-0.2, -0.15) is 4.31 Å². The lowest BCUT2D eigenvalue weighted by atomic mass is 10.4. The summed E-state index contributed by atoms with van der Waals surface area (Å²) in [7, 11) is -4.17. The molecular weight excluding hydrogens is 316 g/mol. The first-order valence-electron chi connectivity index (χ1n) is 5.62. The molecule has 0 amide bonds. The number of hydrogen-bond donors (Lipinski definition) is 4. The van der Waals surface area contributed by atoms with Crippen LogP contribution in [-0.4, -0.2) is 78.1 Å². The lowest BCUT2D eigenvalue weighted by molar-refractivity contribution is -0.870. The van der Waals surface area contributed by atoms with Crippen LogP contribution < -0.4 is 0 Å². The van der Waals surface area contributed by atoms with Crippen molar-refractivity contribution in [2.45, 2.75) is 6.10 Å². The molecule has 12 heteroatoms. The lowest BCUT2D eigenvalue weighted by Gasteiger charge is -2.24. The van der Waals surface area contributed by atoms with E-state index in [1.807, 2.05) is 21.1 Å². The molecule has 122 valence electrons. The zero-order valence-corrected chi connectivity index (χ0v) is 13.4. The summed E-state index contributed by atoms with van der Waals surface area (Å²) in [6, 6.07) is 0. The minimum absolute atomic E-state index is 0.170. The zero-order chi connectivity index (χ0) is 16.0. The summed E-state index contributed by atoms with van der Waals surface area (Å²) in [6.07, 6.45) is -1.41. The van der Waals surface area contributed by atoms with E-state index in [4.69, 9.17) is 15.1 Å². The topological polar surface area (TPSA) is 143 Å². The molecule has 0 saturated carbocycles. The molecule has 0 radical (unpaired) electrons. The molecule has 0 saturated heterocycles. The molecule has 0 fully saturated rings. The van der Waals surface area contributed by atoms with Gasteiger partial charge < -0.3 is 24.5 Å². The van der Waals surface area contributed by atoms with Crippen LogP contribution in [0, 0.1) is 0 Å². The first-order chi connectivity index (χ1) is 8.87. The normalized spacial score (nSPS) is 20.1. The fraction of sp³-hybridized carbons (Fsp3) is 1.00. The molecule has 0 bridgehead atoms. The molecule has 20 heavy (non-hydrogen) atoms. The largest absolute Gasteiger partial charge is 0.481 e. The number of rotatable bonds is 10. The standard InChI is InChI=1S/C8H21NO9P2/c1-9(2,3)4-5-16-19(12,13)18-20(14,15)17-7-8(11)6-10/h8,10-11H,4-7H2,1-3H3,(H-,12,13,14,15)/p+1. The summed E-state index contributed by atoms with van der Waals surface area (Å²) >= 11 is 0. The Hall–Kier alpha value is 0.140. The van der Waals surface area contributed by atoms with Crippen LogP contribution in [0.3, 0.4) is 0 Å². The number of aliphatic hydroxyl groups is 2. The average molecular weight is 338 g/mol. The maximum Gasteiger partial charge on any atom is 0.481 e. The van der Waals surface area contributed by atoms with Crippen molar-refractivity contribution in [2.24, 2.45) is 0 Å². The quantitative estimate of drug-likeness (QED) is 0.300. The highest BCUT2D eigenvalue weighted by molar-refractivity contribution is 7.61. The highest BCUT2D eigenvalue weighted by Crippen LogP contribution is 2.60. The Morgan fingerprint density at radius 3 is 2.05 bits per heavy atom. The van der Waals surface area contributed by atoms with Gasteiger partial charge in [0.05, 0.1) is 34.4 Å². The molecule has 0 heterocycles. The first kappa shape index (κ1) is 20.1. The van der Waals surface area contributed by atoms with Crippen LogP contribution >= 0.6 is 15.6 Å². The van der Waals surface area contributed by atoms with Crippen LogP contribution in [0.1, 0.15) is 0 Å². The van der Waals surface area contributed by atoms with Crippen LogP contribution in [-0.2, 0) is 22.5 Å². The van der Waals surface area contributed by atoms with Crippen molar-refractivity contribution >= 4 is 15.6 Å². The molecule has 0 aromatic carbocycles. The Bertz CT molecular complexity index is 383. The van der Waals surface area contributed by atoms with Crippen molar-refractivity contribution < 1.29 is 47.0 Å². The van der Waals surface area contributed by atoms with E-state index in [0.29, 0.717) is 11.0 Å². The minimum Gasteiger partial charge on any atom is -0.394 e. The van der Waals surface area contributed by atoms with Crippen LogP contribution in [0.15, 0.2) is 0 Å². The number of quaternary nitrogens is 1. The van der Waals surface area contributed by atoms with Gasteiger partial charge in [0.1, 0.15) is 19.3 Å². The molecular formula is C8H22NO9P2+. The van der Waals surface area contributed by atoms with Crippen molar-refractivity contribution in [3.05, 3.63) is 0 Å². The highest BCUT2D eigenvalue weighted by Gasteiger charge is 2.36. The monoisotopic (exact) mass is 338 g/mol. The Labute approximate surface area is 117 Å². The minimum atomic E-state index is -4.88.